The third-order valence-electron chi connectivity index (χ3n) is 5.15. The van der Waals surface area contributed by atoms with E-state index in [0.717, 1.165) is 49.8 Å². The fourth-order valence-corrected chi connectivity index (χ4v) is 6.60. The van der Waals surface area contributed by atoms with Crippen molar-refractivity contribution in [3.63, 3.8) is 0 Å². The van der Waals surface area contributed by atoms with Gasteiger partial charge in [-0.1, -0.05) is 19.3 Å². The molecule has 1 amide bonds. The number of sulfonamides is 1. The summed E-state index contributed by atoms with van der Waals surface area (Å²) in [6.07, 6.45) is 7.10. The molecule has 9 heteroatoms. The van der Waals surface area contributed by atoms with Crippen LogP contribution in [0, 0.1) is 0 Å². The Kier molecular flexibility index (Phi) is 7.50. The number of piperidine rings is 1. The quantitative estimate of drug-likeness (QED) is 0.736. The predicted octanol–water partition coefficient (Wildman–Crippen LogP) is 2.27. The molecule has 2 heterocycles. The van der Waals surface area contributed by atoms with Crippen molar-refractivity contribution in [2.24, 2.45) is 5.73 Å². The molecule has 0 unspecified atom stereocenters. The molecule has 1 saturated heterocycles. The number of nitrogens with zero attached hydrogens (tertiary/aromatic N) is 1. The van der Waals surface area contributed by atoms with Gasteiger partial charge in [0.1, 0.15) is 4.21 Å². The van der Waals surface area contributed by atoms with E-state index in [4.69, 9.17) is 5.73 Å². The van der Waals surface area contributed by atoms with Crippen LogP contribution in [-0.2, 0) is 21.2 Å². The molecule has 1 saturated carbocycles. The molecule has 6 nitrogen and oxygen atoms in total. The molecule has 0 bridgehead atoms. The van der Waals surface area contributed by atoms with Gasteiger partial charge in [-0.15, -0.1) is 23.7 Å². The second-order valence-electron chi connectivity index (χ2n) is 7.05. The Bertz CT molecular complexity index is 709. The number of hydrogen-bond acceptors (Lipinski definition) is 5. The van der Waals surface area contributed by atoms with Crippen LogP contribution in [0.1, 0.15) is 49.8 Å². The van der Waals surface area contributed by atoms with Crippen LogP contribution in [0.3, 0.4) is 0 Å². The molecule has 1 aromatic rings. The van der Waals surface area contributed by atoms with Crippen LogP contribution >= 0.6 is 23.7 Å². The summed E-state index contributed by atoms with van der Waals surface area (Å²) in [5, 5.41) is 2.91. The first-order chi connectivity index (χ1) is 11.9. The van der Waals surface area contributed by atoms with Gasteiger partial charge in [0.25, 0.3) is 10.0 Å². The first-order valence-corrected chi connectivity index (χ1v) is 11.3. The van der Waals surface area contributed by atoms with E-state index in [2.05, 4.69) is 5.32 Å². The Hall–Kier alpha value is -0.670. The number of nitrogens with two attached hydrogens (primary N) is 1. The van der Waals surface area contributed by atoms with Gasteiger partial charge in [0, 0.05) is 24.5 Å². The van der Waals surface area contributed by atoms with Gasteiger partial charge in [-0.3, -0.25) is 4.79 Å². The summed E-state index contributed by atoms with van der Waals surface area (Å²) in [7, 11) is -3.36. The minimum absolute atomic E-state index is 0. The number of thiophene rings is 1. The Morgan fingerprint density at radius 2 is 1.81 bits per heavy atom. The van der Waals surface area contributed by atoms with E-state index in [0.29, 0.717) is 30.3 Å². The van der Waals surface area contributed by atoms with E-state index in [9.17, 15) is 13.2 Å². The van der Waals surface area contributed by atoms with Crippen molar-refractivity contribution >= 4 is 39.7 Å². The van der Waals surface area contributed by atoms with E-state index in [1.54, 1.807) is 10.4 Å². The average Bonchev–Trinajstić information content (AvgIpc) is 3.26. The molecule has 1 aliphatic carbocycles. The number of nitrogens with one attached hydrogen (secondary N) is 1. The van der Waals surface area contributed by atoms with Gasteiger partial charge in [0.2, 0.25) is 5.91 Å². The van der Waals surface area contributed by atoms with E-state index in [1.165, 1.54) is 11.3 Å². The zero-order chi connectivity index (χ0) is 17.9. The standard InChI is InChI=1S/C17H27N3O3S2.ClH/c18-17(9-2-3-10-17)16(21)19-11-8-14-6-7-15(24-14)25(22,23)20-12-4-1-5-13-20;/h6-7H,1-5,8-13,18H2,(H,19,21);1H. The number of amides is 1. The van der Waals surface area contributed by atoms with Crippen LogP contribution in [0.15, 0.2) is 16.3 Å². The highest BCUT2D eigenvalue weighted by Gasteiger charge is 2.36. The first-order valence-electron chi connectivity index (χ1n) is 9.08. The molecular weight excluding hydrogens is 394 g/mol. The largest absolute Gasteiger partial charge is 0.354 e. The molecule has 0 spiro atoms. The molecule has 2 aliphatic rings. The van der Waals surface area contributed by atoms with Crippen molar-refractivity contribution < 1.29 is 13.2 Å². The minimum Gasteiger partial charge on any atom is -0.354 e. The Balaban J connectivity index is 0.00000243. The number of carbonyl (C=O) groups excluding carboxylic acids is 1. The molecule has 26 heavy (non-hydrogen) atoms. The van der Waals surface area contributed by atoms with Crippen LogP contribution in [-0.4, -0.2) is 43.8 Å². The monoisotopic (exact) mass is 421 g/mol. The highest BCUT2D eigenvalue weighted by atomic mass is 35.5. The Labute approximate surface area is 166 Å². The molecule has 1 aromatic heterocycles. The fraction of sp³-hybridized carbons (Fsp3) is 0.706. The Morgan fingerprint density at radius 1 is 1.15 bits per heavy atom. The van der Waals surface area contributed by atoms with Crippen LogP contribution in [0.25, 0.3) is 0 Å². The molecule has 3 N–H and O–H groups in total. The van der Waals surface area contributed by atoms with Crippen molar-refractivity contribution in [3.05, 3.63) is 17.0 Å². The lowest BCUT2D eigenvalue weighted by Crippen LogP contribution is -2.52. The van der Waals surface area contributed by atoms with Crippen molar-refractivity contribution in [1.82, 2.24) is 9.62 Å². The number of rotatable bonds is 6. The van der Waals surface area contributed by atoms with Crippen molar-refractivity contribution in [2.45, 2.75) is 61.1 Å². The summed E-state index contributed by atoms with van der Waals surface area (Å²) < 4.78 is 27.3. The number of hydrogen-bond donors (Lipinski definition) is 2. The summed E-state index contributed by atoms with van der Waals surface area (Å²) in [6.45, 7) is 1.72. The number of carbonyl (C=O) groups is 1. The second-order valence-corrected chi connectivity index (χ2v) is 10.4. The second kappa shape index (κ2) is 9.01. The van der Waals surface area contributed by atoms with E-state index < -0.39 is 15.6 Å². The lowest BCUT2D eigenvalue weighted by Gasteiger charge is -2.25. The number of halogens is 1. The van der Waals surface area contributed by atoms with Crippen LogP contribution < -0.4 is 11.1 Å². The summed E-state index contributed by atoms with van der Waals surface area (Å²) >= 11 is 1.30. The van der Waals surface area contributed by atoms with Gasteiger partial charge in [0.05, 0.1) is 5.54 Å². The highest BCUT2D eigenvalue weighted by Crippen LogP contribution is 2.28. The zero-order valence-corrected chi connectivity index (χ0v) is 17.4. The topological polar surface area (TPSA) is 92.5 Å². The summed E-state index contributed by atoms with van der Waals surface area (Å²) in [4.78, 5) is 13.2. The summed E-state index contributed by atoms with van der Waals surface area (Å²) in [5.74, 6) is -0.0808. The zero-order valence-electron chi connectivity index (χ0n) is 14.9. The molecule has 3 rings (SSSR count). The lowest BCUT2D eigenvalue weighted by atomic mass is 9.98. The summed E-state index contributed by atoms with van der Waals surface area (Å²) in [6, 6.07) is 3.54. The van der Waals surface area contributed by atoms with E-state index in [1.807, 2.05) is 6.07 Å². The van der Waals surface area contributed by atoms with Crippen molar-refractivity contribution in [3.8, 4) is 0 Å². The average molecular weight is 422 g/mol. The lowest BCUT2D eigenvalue weighted by molar-refractivity contribution is -0.126. The highest BCUT2D eigenvalue weighted by molar-refractivity contribution is 7.91. The van der Waals surface area contributed by atoms with Gasteiger partial charge in [-0.05, 0) is 44.2 Å². The molecule has 148 valence electrons. The fourth-order valence-electron chi connectivity index (χ4n) is 3.57. The van der Waals surface area contributed by atoms with Crippen molar-refractivity contribution in [1.29, 1.82) is 0 Å². The van der Waals surface area contributed by atoms with Crippen LogP contribution in [0.2, 0.25) is 0 Å². The maximum Gasteiger partial charge on any atom is 0.252 e. The normalized spacial score (nSPS) is 20.5. The third-order valence-corrected chi connectivity index (χ3v) is 8.66. The smallest absolute Gasteiger partial charge is 0.252 e. The maximum atomic E-state index is 12.6. The van der Waals surface area contributed by atoms with Gasteiger partial charge >= 0.3 is 0 Å². The van der Waals surface area contributed by atoms with Gasteiger partial charge in [-0.25, -0.2) is 8.42 Å². The Morgan fingerprint density at radius 3 is 2.46 bits per heavy atom. The van der Waals surface area contributed by atoms with Gasteiger partial charge in [-0.2, -0.15) is 4.31 Å². The predicted molar refractivity (Wildman–Crippen MR) is 106 cm³/mol. The van der Waals surface area contributed by atoms with E-state index >= 15 is 0 Å². The molecule has 0 aromatic carbocycles. The molecule has 0 radical (unpaired) electrons. The maximum absolute atomic E-state index is 12.6. The van der Waals surface area contributed by atoms with Crippen LogP contribution in [0.5, 0.6) is 0 Å². The van der Waals surface area contributed by atoms with Gasteiger partial charge < -0.3 is 11.1 Å². The molecule has 2 fully saturated rings. The van der Waals surface area contributed by atoms with E-state index in [-0.39, 0.29) is 18.3 Å². The first kappa shape index (κ1) is 21.6. The summed E-state index contributed by atoms with van der Waals surface area (Å²) in [5.41, 5.74) is 5.42. The molecular formula is C17H28ClN3O3S2. The van der Waals surface area contributed by atoms with Crippen LogP contribution in [0.4, 0.5) is 0 Å². The third kappa shape index (κ3) is 4.78. The van der Waals surface area contributed by atoms with Gasteiger partial charge in [0.15, 0.2) is 0 Å². The molecule has 1 aliphatic heterocycles. The van der Waals surface area contributed by atoms with Crippen molar-refractivity contribution in [2.75, 3.05) is 19.6 Å². The molecule has 0 atom stereocenters. The minimum atomic E-state index is -3.36. The SMILES string of the molecule is Cl.NC1(C(=O)NCCc2ccc(S(=O)(=O)N3CCCCC3)s2)CCCC1.